The topological polar surface area (TPSA) is 75.4 Å². The van der Waals surface area contributed by atoms with Gasteiger partial charge in [-0.05, 0) is 32.9 Å². The number of aromatic carboxylic acids is 1. The van der Waals surface area contributed by atoms with Crippen LogP contribution in [0.15, 0.2) is 22.7 Å². The van der Waals surface area contributed by atoms with Gasteiger partial charge in [0.15, 0.2) is 0 Å². The van der Waals surface area contributed by atoms with E-state index in [4.69, 9.17) is 9.63 Å². The molecule has 0 fully saturated rings. The zero-order chi connectivity index (χ0) is 14.9. The first-order chi connectivity index (χ1) is 9.41. The average Bonchev–Trinajstić information content (AvgIpc) is 2.71. The molecule has 20 heavy (non-hydrogen) atoms. The van der Waals surface area contributed by atoms with E-state index >= 15 is 0 Å². The molecule has 1 heterocycles. The van der Waals surface area contributed by atoms with Crippen molar-refractivity contribution in [3.63, 3.8) is 0 Å². The van der Waals surface area contributed by atoms with Crippen molar-refractivity contribution in [1.29, 1.82) is 0 Å². The smallest absolute Gasteiger partial charge is 0.337 e. The molecule has 0 amide bonds. The second-order valence-electron chi connectivity index (χ2n) is 4.57. The number of aromatic nitrogens is 1. The van der Waals surface area contributed by atoms with Crippen molar-refractivity contribution in [3.05, 3.63) is 46.6 Å². The molecule has 1 aromatic heterocycles. The molecule has 2 aromatic rings. The Balaban J connectivity index is 2.38. The highest BCUT2D eigenvalue weighted by Crippen LogP contribution is 2.28. The van der Waals surface area contributed by atoms with E-state index in [0.717, 1.165) is 5.56 Å². The Bertz CT molecular complexity index is 632. The maximum atomic E-state index is 13.8. The lowest BCUT2D eigenvalue weighted by molar-refractivity contribution is 0.0697. The maximum Gasteiger partial charge on any atom is 0.337 e. The Kier molecular flexibility index (Phi) is 3.74. The molecule has 2 rings (SSSR count). The third-order valence-electron chi connectivity index (χ3n) is 3.13. The number of nitrogens with zero attached hydrogens (tertiary/aromatic N) is 1. The monoisotopic (exact) mass is 278 g/mol. The lowest BCUT2D eigenvalue weighted by Crippen LogP contribution is -2.13. The summed E-state index contributed by atoms with van der Waals surface area (Å²) >= 11 is 0. The quantitative estimate of drug-likeness (QED) is 0.897. The van der Waals surface area contributed by atoms with Crippen LogP contribution in [0.1, 0.15) is 40.3 Å². The van der Waals surface area contributed by atoms with Crippen molar-refractivity contribution in [2.24, 2.45) is 0 Å². The molecule has 0 bridgehead atoms. The molecule has 1 atom stereocenters. The summed E-state index contributed by atoms with van der Waals surface area (Å²) in [4.78, 5) is 11.1. The van der Waals surface area contributed by atoms with Gasteiger partial charge in [0.05, 0.1) is 23.0 Å². The average molecular weight is 278 g/mol. The summed E-state index contributed by atoms with van der Waals surface area (Å²) in [5, 5.41) is 15.8. The Morgan fingerprint density at radius 1 is 1.45 bits per heavy atom. The van der Waals surface area contributed by atoms with Gasteiger partial charge in [-0.2, -0.15) is 0 Å². The SMILES string of the molecule is Cc1noc(C)c1C(C)Nc1c(F)cccc1C(=O)O. The summed E-state index contributed by atoms with van der Waals surface area (Å²) in [5.74, 6) is -1.17. The third-order valence-corrected chi connectivity index (χ3v) is 3.13. The number of hydrogen-bond donors (Lipinski definition) is 2. The summed E-state index contributed by atoms with van der Waals surface area (Å²) in [6.07, 6.45) is 0. The fourth-order valence-corrected chi connectivity index (χ4v) is 2.25. The van der Waals surface area contributed by atoms with Crippen LogP contribution in [0.3, 0.4) is 0 Å². The number of halogens is 1. The van der Waals surface area contributed by atoms with E-state index in [0.29, 0.717) is 11.5 Å². The van der Waals surface area contributed by atoms with E-state index < -0.39 is 11.8 Å². The minimum absolute atomic E-state index is 0.0347. The number of para-hydroxylation sites is 1. The van der Waals surface area contributed by atoms with Gasteiger partial charge in [0.25, 0.3) is 0 Å². The molecule has 0 aliphatic carbocycles. The molecule has 0 radical (unpaired) electrons. The zero-order valence-electron chi connectivity index (χ0n) is 11.4. The molecule has 6 heteroatoms. The number of hydrogen-bond acceptors (Lipinski definition) is 4. The van der Waals surface area contributed by atoms with Crippen LogP contribution in [-0.2, 0) is 0 Å². The molecule has 2 N–H and O–H groups in total. The molecule has 0 spiro atoms. The summed E-state index contributed by atoms with van der Waals surface area (Å²) in [5.41, 5.74) is 1.34. The van der Waals surface area contributed by atoms with Crippen molar-refractivity contribution in [3.8, 4) is 0 Å². The number of rotatable bonds is 4. The minimum Gasteiger partial charge on any atom is -0.478 e. The lowest BCUT2D eigenvalue weighted by Gasteiger charge is -2.17. The normalized spacial score (nSPS) is 12.2. The number of nitrogens with one attached hydrogen (secondary N) is 1. The molecule has 0 aliphatic heterocycles. The van der Waals surface area contributed by atoms with Crippen molar-refractivity contribution in [2.45, 2.75) is 26.8 Å². The summed E-state index contributed by atoms with van der Waals surface area (Å²) in [7, 11) is 0. The molecule has 1 aromatic carbocycles. The fourth-order valence-electron chi connectivity index (χ4n) is 2.25. The van der Waals surface area contributed by atoms with Gasteiger partial charge in [0, 0.05) is 5.56 Å². The Morgan fingerprint density at radius 2 is 2.15 bits per heavy atom. The molecule has 0 saturated carbocycles. The maximum absolute atomic E-state index is 13.8. The van der Waals surface area contributed by atoms with Crippen LogP contribution in [-0.4, -0.2) is 16.2 Å². The molecular weight excluding hydrogens is 263 g/mol. The molecule has 106 valence electrons. The molecule has 0 aliphatic rings. The number of anilines is 1. The molecule has 0 saturated heterocycles. The fraction of sp³-hybridized carbons (Fsp3) is 0.286. The predicted octanol–water partition coefficient (Wildman–Crippen LogP) is 3.30. The highest BCUT2D eigenvalue weighted by Gasteiger charge is 2.20. The summed E-state index contributed by atoms with van der Waals surface area (Å²) < 4.78 is 18.9. The Hall–Kier alpha value is -2.37. The van der Waals surface area contributed by atoms with Crippen molar-refractivity contribution < 1.29 is 18.8 Å². The number of carbonyl (C=O) groups is 1. The standard InChI is InChI=1S/C14H15FN2O3/c1-7(12-8(2)17-20-9(12)3)16-13-10(14(18)19)5-4-6-11(13)15/h4-7,16H,1-3H3,(H,18,19). The summed E-state index contributed by atoms with van der Waals surface area (Å²) in [6.45, 7) is 5.33. The van der Waals surface area contributed by atoms with Crippen molar-refractivity contribution in [2.75, 3.05) is 5.32 Å². The third kappa shape index (κ3) is 2.49. The first-order valence-electron chi connectivity index (χ1n) is 6.13. The van der Waals surface area contributed by atoms with E-state index in [1.165, 1.54) is 18.2 Å². The number of aryl methyl sites for hydroxylation is 2. The van der Waals surface area contributed by atoms with Gasteiger partial charge in [-0.1, -0.05) is 11.2 Å². The van der Waals surface area contributed by atoms with Crippen LogP contribution in [0.2, 0.25) is 0 Å². The van der Waals surface area contributed by atoms with Gasteiger partial charge in [0.2, 0.25) is 0 Å². The minimum atomic E-state index is -1.18. The number of benzene rings is 1. The summed E-state index contributed by atoms with van der Waals surface area (Å²) in [6, 6.07) is 3.61. The molecule has 1 unspecified atom stereocenters. The van der Waals surface area contributed by atoms with Crippen LogP contribution < -0.4 is 5.32 Å². The van der Waals surface area contributed by atoms with Gasteiger partial charge in [-0.3, -0.25) is 0 Å². The van der Waals surface area contributed by atoms with E-state index in [9.17, 15) is 9.18 Å². The van der Waals surface area contributed by atoms with Crippen LogP contribution in [0.25, 0.3) is 0 Å². The Morgan fingerprint density at radius 3 is 2.70 bits per heavy atom. The van der Waals surface area contributed by atoms with Crippen LogP contribution in [0.4, 0.5) is 10.1 Å². The van der Waals surface area contributed by atoms with E-state index in [1.54, 1.807) is 20.8 Å². The van der Waals surface area contributed by atoms with Gasteiger partial charge >= 0.3 is 5.97 Å². The highest BCUT2D eigenvalue weighted by atomic mass is 19.1. The van der Waals surface area contributed by atoms with Crippen LogP contribution in [0, 0.1) is 19.7 Å². The van der Waals surface area contributed by atoms with E-state index in [1.807, 2.05) is 0 Å². The first-order valence-corrected chi connectivity index (χ1v) is 6.13. The number of carboxylic acid groups (broad SMARTS) is 1. The Labute approximate surface area is 115 Å². The highest BCUT2D eigenvalue weighted by molar-refractivity contribution is 5.94. The van der Waals surface area contributed by atoms with Gasteiger partial charge in [-0.15, -0.1) is 0 Å². The van der Waals surface area contributed by atoms with Crippen molar-refractivity contribution in [1.82, 2.24) is 5.16 Å². The van der Waals surface area contributed by atoms with Crippen LogP contribution in [0.5, 0.6) is 0 Å². The van der Waals surface area contributed by atoms with Gasteiger partial charge in [-0.25, -0.2) is 9.18 Å². The van der Waals surface area contributed by atoms with E-state index in [2.05, 4.69) is 10.5 Å². The van der Waals surface area contributed by atoms with Crippen molar-refractivity contribution >= 4 is 11.7 Å². The van der Waals surface area contributed by atoms with E-state index in [-0.39, 0.29) is 17.3 Å². The molecular formula is C14H15FN2O3. The second kappa shape index (κ2) is 5.32. The van der Waals surface area contributed by atoms with Crippen LogP contribution >= 0.6 is 0 Å². The number of carboxylic acids is 1. The second-order valence-corrected chi connectivity index (χ2v) is 4.57. The largest absolute Gasteiger partial charge is 0.478 e. The van der Waals surface area contributed by atoms with Gasteiger partial charge < -0.3 is 14.9 Å². The predicted molar refractivity (Wildman–Crippen MR) is 71.4 cm³/mol. The molecule has 5 nitrogen and oxygen atoms in total. The lowest BCUT2D eigenvalue weighted by atomic mass is 10.1. The van der Waals surface area contributed by atoms with Gasteiger partial charge in [0.1, 0.15) is 11.6 Å². The zero-order valence-corrected chi connectivity index (χ0v) is 11.4. The first kappa shape index (κ1) is 14.0.